The molecule has 31 heteroatoms. The largest absolute Gasteiger partial charge is 0.477 e. The second kappa shape index (κ2) is 24.8. The molecule has 2 saturated heterocycles. The number of carbonyl (C=O) groups excluding carboxylic acids is 6. The number of fused-ring (bicyclic) bond motifs is 2. The summed E-state index contributed by atoms with van der Waals surface area (Å²) >= 11 is 4.79. The molecule has 0 saturated carbocycles. The number of β-lactam (4-membered cyclic amide) rings is 2. The molecule has 4 unspecified atom stereocenters. The van der Waals surface area contributed by atoms with Crippen molar-refractivity contribution in [1.29, 1.82) is 0 Å². The third-order valence-electron chi connectivity index (χ3n) is 12.8. The first-order valence-corrected chi connectivity index (χ1v) is 28.0. The molecule has 8 rings (SSSR count). The van der Waals surface area contributed by atoms with Crippen molar-refractivity contribution < 1.29 is 67.4 Å². The molecule has 0 aromatic carbocycles. The van der Waals surface area contributed by atoms with E-state index in [1.807, 2.05) is 26.0 Å². The van der Waals surface area contributed by atoms with E-state index in [0.29, 0.717) is 23.4 Å². The number of oxime groups is 2. The van der Waals surface area contributed by atoms with Crippen LogP contribution in [0.3, 0.4) is 0 Å². The van der Waals surface area contributed by atoms with Crippen molar-refractivity contribution >= 4 is 121 Å². The summed E-state index contributed by atoms with van der Waals surface area (Å²) in [6.45, 7) is 4.62. The average molecular weight is 1160 g/mol. The van der Waals surface area contributed by atoms with Gasteiger partial charge in [0.2, 0.25) is 11.8 Å². The van der Waals surface area contributed by atoms with Gasteiger partial charge in [0, 0.05) is 71.2 Å². The molecule has 6 amide bonds. The maximum Gasteiger partial charge on any atom is 0.352 e. The lowest BCUT2D eigenvalue weighted by Crippen LogP contribution is -2.71. The second-order valence-corrected chi connectivity index (χ2v) is 21.9. The number of likely N-dealkylation sites (N-methyl/N-ethyl adjacent to an activating group) is 3. The number of nitrogens with one attached hydrogen (secondary N) is 2. The molecule has 0 radical (unpaired) electrons. The lowest BCUT2D eigenvalue weighted by atomic mass is 10.0. The summed E-state index contributed by atoms with van der Waals surface area (Å²) in [5.41, 5.74) is 13.3. The molecule has 0 spiro atoms. The van der Waals surface area contributed by atoms with Crippen LogP contribution in [0.4, 0.5) is 16.0 Å². The van der Waals surface area contributed by atoms with Gasteiger partial charge in [-0.3, -0.25) is 43.5 Å². The molecule has 4 aliphatic heterocycles. The highest BCUT2D eigenvalue weighted by molar-refractivity contribution is 8.00. The highest BCUT2D eigenvalue weighted by Gasteiger charge is 2.56. The maximum absolute atomic E-state index is 13.8. The number of rotatable bonds is 23. The number of pyridine rings is 2. The van der Waals surface area contributed by atoms with Gasteiger partial charge in [0.25, 0.3) is 23.6 Å². The normalized spacial score (nSPS) is 19.0. The number of hydrogen-bond donors (Lipinski definition) is 6. The van der Waals surface area contributed by atoms with Crippen LogP contribution >= 0.6 is 46.2 Å². The Kier molecular flexibility index (Phi) is 17.9. The number of aromatic nitrogens is 4. The Morgan fingerprint density at radius 1 is 0.747 bits per heavy atom. The van der Waals surface area contributed by atoms with Gasteiger partial charge in [-0.25, -0.2) is 24.1 Å². The number of thiazole rings is 2. The molecule has 4 aliphatic rings. The van der Waals surface area contributed by atoms with Gasteiger partial charge in [0.05, 0.1) is 13.1 Å². The zero-order valence-corrected chi connectivity index (χ0v) is 46.4. The van der Waals surface area contributed by atoms with Crippen molar-refractivity contribution in [1.82, 2.24) is 40.2 Å². The maximum atomic E-state index is 13.8. The Morgan fingerprint density at radius 3 is 1.68 bits per heavy atom. The van der Waals surface area contributed by atoms with Gasteiger partial charge in [-0.15, -0.1) is 46.2 Å². The minimum atomic E-state index is -1.31. The summed E-state index contributed by atoms with van der Waals surface area (Å²) < 4.78 is 3.49. The number of hydrogen-bond acceptors (Lipinski definition) is 21. The topological polar surface area (TPSA) is 346 Å². The van der Waals surface area contributed by atoms with Crippen molar-refractivity contribution in [3.63, 3.8) is 0 Å². The summed E-state index contributed by atoms with van der Waals surface area (Å²) in [5.74, 6) is -5.31. The molecule has 8 heterocycles. The van der Waals surface area contributed by atoms with Gasteiger partial charge >= 0.3 is 11.9 Å². The van der Waals surface area contributed by atoms with E-state index in [-0.39, 0.29) is 107 Å². The van der Waals surface area contributed by atoms with Crippen LogP contribution in [0.5, 0.6) is 0 Å². The lowest BCUT2D eigenvalue weighted by molar-refractivity contribution is -0.689. The lowest BCUT2D eigenvalue weighted by Gasteiger charge is -2.49. The Bertz CT molecular complexity index is 3220. The van der Waals surface area contributed by atoms with Crippen LogP contribution in [-0.4, -0.2) is 180 Å². The average Bonchev–Trinajstić information content (AvgIpc) is 4.24. The summed E-state index contributed by atoms with van der Waals surface area (Å²) in [6, 6.07) is 5.03. The number of amides is 6. The van der Waals surface area contributed by atoms with Crippen molar-refractivity contribution in [2.75, 3.05) is 75.3 Å². The molecular formula is C48H55N15O12S4+2. The van der Waals surface area contributed by atoms with Crippen LogP contribution in [0.25, 0.3) is 0 Å². The second-order valence-electron chi connectivity index (χ2n) is 18.0. The van der Waals surface area contributed by atoms with E-state index in [1.54, 1.807) is 67.8 Å². The fourth-order valence-corrected chi connectivity index (χ4v) is 12.9. The van der Waals surface area contributed by atoms with Crippen LogP contribution in [0.1, 0.15) is 30.8 Å². The van der Waals surface area contributed by atoms with E-state index in [4.69, 9.17) is 21.1 Å². The molecule has 27 nitrogen and oxygen atoms in total. The first-order chi connectivity index (χ1) is 37.8. The number of carboxylic acid groups (broad SMARTS) is 2. The van der Waals surface area contributed by atoms with E-state index in [9.17, 15) is 48.6 Å². The van der Waals surface area contributed by atoms with E-state index >= 15 is 0 Å². The number of nitrogens with two attached hydrogens (primary N) is 2. The molecule has 416 valence electrons. The van der Waals surface area contributed by atoms with Crippen molar-refractivity contribution in [3.8, 4) is 0 Å². The van der Waals surface area contributed by atoms with Crippen LogP contribution in [0.2, 0.25) is 0 Å². The standard InChI is InChI=1S/C48H53N15O12S4/c1-6-60(15-25-10-13-58(14-11-25)16-26-21-76-43-35(41(68)62(43)37(26)45(70)71)53-39(66)33(55-74-4)29-23-78-47(49)51-29)31(64)19-57(3)20-32(65)61(7-2)28-9-8-12-59(18-28)17-27-22-77-44-36(42(69)63(44)38(27)46(72)73)54-40(67)34(56-75-5)30-24-79-48(50)52-30/h8-14,18,23-24,35-36,43-44H,6-7,15-17,19-22H2,1-5H3,(H6-2,49,50,51,52,53,54,66,67,70,71,72,73)/p+2. The fraction of sp³-hybridized carbons (Fsp3) is 0.375. The third-order valence-corrected chi connectivity index (χ3v) is 16.8. The fourth-order valence-electron chi connectivity index (χ4n) is 9.12. The number of aliphatic carboxylic acids is 2. The summed E-state index contributed by atoms with van der Waals surface area (Å²) in [5, 5.41) is 35.5. The Labute approximate surface area is 467 Å². The quantitative estimate of drug-likeness (QED) is 0.0230. The molecule has 0 bridgehead atoms. The molecular weight excluding hydrogens is 1110 g/mol. The zero-order valence-electron chi connectivity index (χ0n) is 43.1. The van der Waals surface area contributed by atoms with Gasteiger partial charge in [-0.1, -0.05) is 10.3 Å². The van der Waals surface area contributed by atoms with E-state index in [1.165, 1.54) is 53.4 Å². The molecule has 0 aliphatic carbocycles. The van der Waals surface area contributed by atoms with E-state index in [2.05, 4.69) is 30.9 Å². The number of carbonyl (C=O) groups is 8. The molecule has 4 aromatic rings. The smallest absolute Gasteiger partial charge is 0.352 e. The Balaban J connectivity index is 0.838. The first kappa shape index (κ1) is 57.2. The van der Waals surface area contributed by atoms with Gasteiger partial charge in [-0.2, -0.15) is 4.57 Å². The molecule has 4 aromatic heterocycles. The van der Waals surface area contributed by atoms with Gasteiger partial charge < -0.3 is 51.8 Å². The number of nitrogens with zero attached hydrogens (tertiary/aromatic N) is 11. The minimum absolute atomic E-state index is 0.0699. The van der Waals surface area contributed by atoms with E-state index < -0.39 is 58.4 Å². The van der Waals surface area contributed by atoms with Crippen LogP contribution in [0.15, 0.2) is 92.7 Å². The van der Waals surface area contributed by atoms with E-state index in [0.717, 1.165) is 33.1 Å². The Hall–Kier alpha value is -8.00. The van der Waals surface area contributed by atoms with Gasteiger partial charge in [-0.05, 0) is 32.5 Å². The van der Waals surface area contributed by atoms with Crippen LogP contribution < -0.4 is 36.1 Å². The highest BCUT2D eigenvalue weighted by atomic mass is 32.2. The molecule has 8 N–H and O–H groups in total. The summed E-state index contributed by atoms with van der Waals surface area (Å²) in [6.07, 6.45) is 6.94. The minimum Gasteiger partial charge on any atom is -0.477 e. The van der Waals surface area contributed by atoms with Gasteiger partial charge in [0.1, 0.15) is 65.5 Å². The van der Waals surface area contributed by atoms with Gasteiger partial charge in [0.15, 0.2) is 59.6 Å². The number of nitrogen functional groups attached to an aromatic ring is 2. The third kappa shape index (κ3) is 12.3. The SMILES string of the molecule is CCN(Cc1cc[n+](CC2=C(C(=O)O)N3C(=O)C(NC(=O)C(=NOC)c4csc(N)n4)C3SC2)cc1)C(=O)CN(C)CC(=O)N(CC)c1ccc[n+](CC2=C(C(=O)O)N3C(=O)C(NC(=O)C(=NOC)c4csc(N)n4)C3SC2)c1. The number of anilines is 3. The monoisotopic (exact) mass is 1160 g/mol. The number of thioether (sulfide) groups is 2. The van der Waals surface area contributed by atoms with Crippen molar-refractivity contribution in [3.05, 3.63) is 99.3 Å². The zero-order chi connectivity index (χ0) is 56.8. The number of carboxylic acids is 2. The molecule has 2 fully saturated rings. The summed E-state index contributed by atoms with van der Waals surface area (Å²) in [4.78, 5) is 131. The first-order valence-electron chi connectivity index (χ1n) is 24.2. The molecule has 4 atom stereocenters. The Morgan fingerprint density at radius 2 is 1.24 bits per heavy atom. The van der Waals surface area contributed by atoms with Crippen molar-refractivity contribution in [2.45, 2.75) is 56.3 Å². The predicted octanol–water partition coefficient (Wildman–Crippen LogP) is -0.749. The van der Waals surface area contributed by atoms with Crippen molar-refractivity contribution in [2.24, 2.45) is 10.3 Å². The highest BCUT2D eigenvalue weighted by Crippen LogP contribution is 2.42. The predicted molar refractivity (Wildman–Crippen MR) is 289 cm³/mol. The van der Waals surface area contributed by atoms with Crippen LogP contribution in [0, 0.1) is 0 Å². The molecule has 79 heavy (non-hydrogen) atoms. The summed E-state index contributed by atoms with van der Waals surface area (Å²) in [7, 11) is 4.18. The van der Waals surface area contributed by atoms with Crippen LogP contribution in [-0.2, 0) is 67.7 Å².